The van der Waals surface area contributed by atoms with Crippen molar-refractivity contribution in [2.45, 2.75) is 25.7 Å². The first-order chi connectivity index (χ1) is 8.75. The molecule has 0 saturated carbocycles. The van der Waals surface area contributed by atoms with E-state index in [4.69, 9.17) is 16.3 Å². The van der Waals surface area contributed by atoms with Gasteiger partial charge in [-0.15, -0.1) is 0 Å². The van der Waals surface area contributed by atoms with Crippen LogP contribution in [0.15, 0.2) is 24.3 Å². The normalized spacial score (nSPS) is 16.2. The summed E-state index contributed by atoms with van der Waals surface area (Å²) in [5.41, 5.74) is 0. The summed E-state index contributed by atoms with van der Waals surface area (Å²) in [5, 5.41) is 0.668. The largest absolute Gasteiger partial charge is 0.484 e. The summed E-state index contributed by atoms with van der Waals surface area (Å²) < 4.78 is 5.47. The van der Waals surface area contributed by atoms with Gasteiger partial charge in [0.25, 0.3) is 5.91 Å². The Labute approximate surface area is 113 Å². The Bertz CT molecular complexity index is 383. The van der Waals surface area contributed by atoms with Gasteiger partial charge in [-0.1, -0.05) is 24.4 Å². The minimum Gasteiger partial charge on any atom is -0.484 e. The van der Waals surface area contributed by atoms with Crippen molar-refractivity contribution in [3.8, 4) is 5.75 Å². The van der Waals surface area contributed by atoms with E-state index >= 15 is 0 Å². The van der Waals surface area contributed by atoms with Crippen LogP contribution in [0, 0.1) is 0 Å². The Morgan fingerprint density at radius 3 is 2.33 bits per heavy atom. The van der Waals surface area contributed by atoms with E-state index in [1.54, 1.807) is 24.3 Å². The number of ether oxygens (including phenoxy) is 1. The molecule has 0 N–H and O–H groups in total. The molecule has 4 heteroatoms. The number of nitrogens with zero attached hydrogens (tertiary/aromatic N) is 1. The topological polar surface area (TPSA) is 29.5 Å². The van der Waals surface area contributed by atoms with Crippen LogP contribution < -0.4 is 4.74 Å². The van der Waals surface area contributed by atoms with Crippen LogP contribution >= 0.6 is 11.6 Å². The average molecular weight is 268 g/mol. The number of rotatable bonds is 3. The molecule has 2 rings (SSSR count). The lowest BCUT2D eigenvalue weighted by atomic mass is 10.2. The van der Waals surface area contributed by atoms with E-state index in [-0.39, 0.29) is 12.5 Å². The molecule has 0 aliphatic carbocycles. The van der Waals surface area contributed by atoms with Gasteiger partial charge in [-0.2, -0.15) is 0 Å². The van der Waals surface area contributed by atoms with Crippen molar-refractivity contribution in [3.63, 3.8) is 0 Å². The highest BCUT2D eigenvalue weighted by molar-refractivity contribution is 6.30. The van der Waals surface area contributed by atoms with Crippen LogP contribution in [0.4, 0.5) is 0 Å². The third-order valence-electron chi connectivity index (χ3n) is 3.13. The van der Waals surface area contributed by atoms with E-state index in [1.165, 1.54) is 12.8 Å². The van der Waals surface area contributed by atoms with E-state index in [0.29, 0.717) is 10.8 Å². The lowest BCUT2D eigenvalue weighted by Gasteiger charge is -2.20. The molecule has 3 nitrogen and oxygen atoms in total. The standard InChI is InChI=1S/C14H18ClNO2/c15-12-5-7-13(8-6-12)18-11-14(17)16-9-3-1-2-4-10-16/h5-8H,1-4,9-11H2. The fourth-order valence-electron chi connectivity index (χ4n) is 2.09. The summed E-state index contributed by atoms with van der Waals surface area (Å²) in [6.07, 6.45) is 4.66. The van der Waals surface area contributed by atoms with E-state index in [2.05, 4.69) is 0 Å². The van der Waals surface area contributed by atoms with Crippen LogP contribution in [0.25, 0.3) is 0 Å². The van der Waals surface area contributed by atoms with Crippen LogP contribution in [0.1, 0.15) is 25.7 Å². The lowest BCUT2D eigenvalue weighted by molar-refractivity contribution is -0.133. The SMILES string of the molecule is O=C(COc1ccc(Cl)cc1)N1CCCCCC1. The van der Waals surface area contributed by atoms with Gasteiger partial charge in [0.15, 0.2) is 6.61 Å². The highest BCUT2D eigenvalue weighted by Gasteiger charge is 2.15. The number of likely N-dealkylation sites (tertiary alicyclic amines) is 1. The number of hydrogen-bond acceptors (Lipinski definition) is 2. The van der Waals surface area contributed by atoms with E-state index in [0.717, 1.165) is 25.9 Å². The number of carbonyl (C=O) groups excluding carboxylic acids is 1. The first kappa shape index (κ1) is 13.2. The second-order valence-electron chi connectivity index (χ2n) is 4.54. The molecule has 98 valence electrons. The van der Waals surface area contributed by atoms with Gasteiger partial charge >= 0.3 is 0 Å². The third kappa shape index (κ3) is 3.91. The molecule has 0 radical (unpaired) electrons. The number of carbonyl (C=O) groups is 1. The fraction of sp³-hybridized carbons (Fsp3) is 0.500. The fourth-order valence-corrected chi connectivity index (χ4v) is 2.21. The molecule has 1 aromatic rings. The van der Waals surface area contributed by atoms with Crippen molar-refractivity contribution in [3.05, 3.63) is 29.3 Å². The third-order valence-corrected chi connectivity index (χ3v) is 3.39. The van der Waals surface area contributed by atoms with Crippen molar-refractivity contribution >= 4 is 17.5 Å². The second-order valence-corrected chi connectivity index (χ2v) is 4.97. The molecule has 0 aromatic heterocycles. The molecule has 1 amide bonds. The summed E-state index contributed by atoms with van der Waals surface area (Å²) in [7, 11) is 0. The van der Waals surface area contributed by atoms with E-state index < -0.39 is 0 Å². The molecule has 1 aromatic carbocycles. The summed E-state index contributed by atoms with van der Waals surface area (Å²) in [4.78, 5) is 13.9. The molecule has 0 unspecified atom stereocenters. The summed E-state index contributed by atoms with van der Waals surface area (Å²) in [5.74, 6) is 0.759. The number of benzene rings is 1. The zero-order valence-electron chi connectivity index (χ0n) is 10.4. The predicted molar refractivity (Wildman–Crippen MR) is 72.0 cm³/mol. The van der Waals surface area contributed by atoms with Gasteiger partial charge in [0.05, 0.1) is 0 Å². The molecular weight excluding hydrogens is 250 g/mol. The molecule has 1 heterocycles. The molecular formula is C14H18ClNO2. The average Bonchev–Trinajstić information content (AvgIpc) is 2.66. The minimum atomic E-state index is 0.0758. The minimum absolute atomic E-state index is 0.0758. The Kier molecular flexibility index (Phi) is 4.88. The monoisotopic (exact) mass is 267 g/mol. The number of halogens is 1. The van der Waals surface area contributed by atoms with Gasteiger partial charge in [0, 0.05) is 18.1 Å². The number of hydrogen-bond donors (Lipinski definition) is 0. The van der Waals surface area contributed by atoms with E-state index in [1.807, 2.05) is 4.90 Å². The predicted octanol–water partition coefficient (Wildman–Crippen LogP) is 3.12. The van der Waals surface area contributed by atoms with Gasteiger partial charge in [-0.05, 0) is 37.1 Å². The first-order valence-electron chi connectivity index (χ1n) is 6.42. The quantitative estimate of drug-likeness (QED) is 0.842. The first-order valence-corrected chi connectivity index (χ1v) is 6.79. The van der Waals surface area contributed by atoms with Gasteiger partial charge in [0.2, 0.25) is 0 Å². The Morgan fingerprint density at radius 2 is 1.72 bits per heavy atom. The molecule has 0 bridgehead atoms. The summed E-state index contributed by atoms with van der Waals surface area (Å²) in [6.45, 7) is 1.84. The van der Waals surface area contributed by atoms with Crippen molar-refractivity contribution < 1.29 is 9.53 Å². The molecule has 0 spiro atoms. The van der Waals surface area contributed by atoms with E-state index in [9.17, 15) is 4.79 Å². The maximum absolute atomic E-state index is 12.0. The maximum Gasteiger partial charge on any atom is 0.260 e. The molecule has 1 fully saturated rings. The van der Waals surface area contributed by atoms with Crippen molar-refractivity contribution in [1.82, 2.24) is 4.90 Å². The van der Waals surface area contributed by atoms with Crippen LogP contribution in [-0.2, 0) is 4.79 Å². The maximum atomic E-state index is 12.0. The Balaban J connectivity index is 1.81. The smallest absolute Gasteiger partial charge is 0.260 e. The summed E-state index contributed by atoms with van der Waals surface area (Å²) in [6, 6.07) is 7.07. The van der Waals surface area contributed by atoms with Crippen molar-refractivity contribution in [2.75, 3.05) is 19.7 Å². The van der Waals surface area contributed by atoms with Gasteiger partial charge in [-0.25, -0.2) is 0 Å². The van der Waals surface area contributed by atoms with Crippen molar-refractivity contribution in [1.29, 1.82) is 0 Å². The molecule has 1 saturated heterocycles. The molecule has 18 heavy (non-hydrogen) atoms. The van der Waals surface area contributed by atoms with Crippen LogP contribution in [0.5, 0.6) is 5.75 Å². The second kappa shape index (κ2) is 6.64. The van der Waals surface area contributed by atoms with Crippen LogP contribution in [-0.4, -0.2) is 30.5 Å². The molecule has 1 aliphatic heterocycles. The zero-order valence-corrected chi connectivity index (χ0v) is 11.2. The highest BCUT2D eigenvalue weighted by atomic mass is 35.5. The van der Waals surface area contributed by atoms with Gasteiger partial charge < -0.3 is 9.64 Å². The molecule has 0 atom stereocenters. The van der Waals surface area contributed by atoms with Crippen LogP contribution in [0.3, 0.4) is 0 Å². The summed E-state index contributed by atoms with van der Waals surface area (Å²) >= 11 is 5.78. The van der Waals surface area contributed by atoms with Gasteiger partial charge in [-0.3, -0.25) is 4.79 Å². The molecule has 1 aliphatic rings. The van der Waals surface area contributed by atoms with Gasteiger partial charge in [0.1, 0.15) is 5.75 Å². The lowest BCUT2D eigenvalue weighted by Crippen LogP contribution is -2.35. The highest BCUT2D eigenvalue weighted by Crippen LogP contribution is 2.16. The van der Waals surface area contributed by atoms with Crippen LogP contribution in [0.2, 0.25) is 5.02 Å². The Morgan fingerprint density at radius 1 is 1.11 bits per heavy atom. The van der Waals surface area contributed by atoms with Crippen molar-refractivity contribution in [2.24, 2.45) is 0 Å². The number of amides is 1. The zero-order chi connectivity index (χ0) is 12.8. The Hall–Kier alpha value is -1.22.